The summed E-state index contributed by atoms with van der Waals surface area (Å²) >= 11 is 0. The van der Waals surface area contributed by atoms with Gasteiger partial charge in [0.15, 0.2) is 0 Å². The lowest BCUT2D eigenvalue weighted by molar-refractivity contribution is -0.151. The van der Waals surface area contributed by atoms with Crippen molar-refractivity contribution in [1.29, 1.82) is 0 Å². The molecule has 1 unspecified atom stereocenters. The third kappa shape index (κ3) is 4.20. The van der Waals surface area contributed by atoms with Crippen molar-refractivity contribution in [2.24, 2.45) is 11.3 Å². The third-order valence-corrected chi connectivity index (χ3v) is 4.01. The fourth-order valence-corrected chi connectivity index (χ4v) is 2.66. The Morgan fingerprint density at radius 1 is 1.32 bits per heavy atom. The standard InChI is InChI=1S/C14H25NO4/c1-10(2)11(9-19-3)15-12(16)8-14(13(17)18)6-4-5-7-14/h10-11H,4-9H2,1-3H3,(H,15,16)(H,17,18). The number of rotatable bonds is 7. The molecule has 1 saturated carbocycles. The first-order valence-electron chi connectivity index (χ1n) is 6.93. The summed E-state index contributed by atoms with van der Waals surface area (Å²) in [5.74, 6) is -0.763. The first-order valence-corrected chi connectivity index (χ1v) is 6.93. The SMILES string of the molecule is COCC(NC(=O)CC1(C(=O)O)CCCC1)C(C)C. The normalized spacial score (nSPS) is 19.4. The van der Waals surface area contributed by atoms with Gasteiger partial charge < -0.3 is 15.2 Å². The van der Waals surface area contributed by atoms with Crippen LogP contribution in [0.2, 0.25) is 0 Å². The molecule has 0 saturated heterocycles. The molecular weight excluding hydrogens is 246 g/mol. The number of hydrogen-bond donors (Lipinski definition) is 2. The van der Waals surface area contributed by atoms with Gasteiger partial charge in [-0.25, -0.2) is 0 Å². The van der Waals surface area contributed by atoms with Crippen LogP contribution in [0.25, 0.3) is 0 Å². The minimum atomic E-state index is -0.849. The number of carboxylic acid groups (broad SMARTS) is 1. The molecule has 0 aromatic heterocycles. The Hall–Kier alpha value is -1.10. The molecule has 19 heavy (non-hydrogen) atoms. The van der Waals surface area contributed by atoms with Crippen LogP contribution in [0.5, 0.6) is 0 Å². The minimum absolute atomic E-state index is 0.0650. The monoisotopic (exact) mass is 271 g/mol. The van der Waals surface area contributed by atoms with Crippen LogP contribution in [0, 0.1) is 11.3 Å². The zero-order chi connectivity index (χ0) is 14.5. The Labute approximate surface area is 114 Å². The molecule has 1 fully saturated rings. The Kier molecular flexibility index (Phi) is 5.79. The van der Waals surface area contributed by atoms with Gasteiger partial charge in [0.05, 0.1) is 18.1 Å². The second-order valence-corrected chi connectivity index (χ2v) is 5.84. The number of nitrogens with one attached hydrogen (secondary N) is 1. The first-order chi connectivity index (χ1) is 8.91. The lowest BCUT2D eigenvalue weighted by Gasteiger charge is -2.26. The number of carbonyl (C=O) groups is 2. The van der Waals surface area contributed by atoms with E-state index in [1.165, 1.54) is 0 Å². The lowest BCUT2D eigenvalue weighted by Crippen LogP contribution is -2.44. The predicted octanol–water partition coefficient (Wildman–Crippen LogP) is 1.81. The Morgan fingerprint density at radius 3 is 2.32 bits per heavy atom. The summed E-state index contributed by atoms with van der Waals surface area (Å²) in [6.45, 7) is 4.46. The van der Waals surface area contributed by atoms with Crippen LogP contribution in [0.1, 0.15) is 46.0 Å². The molecule has 2 N–H and O–H groups in total. The number of aliphatic carboxylic acids is 1. The van der Waals surface area contributed by atoms with Crippen LogP contribution in [0.3, 0.4) is 0 Å². The fraction of sp³-hybridized carbons (Fsp3) is 0.857. The molecule has 1 rings (SSSR count). The van der Waals surface area contributed by atoms with Crippen molar-refractivity contribution in [3.05, 3.63) is 0 Å². The Morgan fingerprint density at radius 2 is 1.89 bits per heavy atom. The number of hydrogen-bond acceptors (Lipinski definition) is 3. The van der Waals surface area contributed by atoms with Crippen LogP contribution in [0.15, 0.2) is 0 Å². The van der Waals surface area contributed by atoms with Crippen LogP contribution < -0.4 is 5.32 Å². The molecule has 0 radical (unpaired) electrons. The quantitative estimate of drug-likeness (QED) is 0.740. The van der Waals surface area contributed by atoms with Crippen molar-refractivity contribution in [2.45, 2.75) is 52.0 Å². The van der Waals surface area contributed by atoms with Gasteiger partial charge in [-0.1, -0.05) is 26.7 Å². The van der Waals surface area contributed by atoms with Gasteiger partial charge >= 0.3 is 5.97 Å². The van der Waals surface area contributed by atoms with Gasteiger partial charge in [0.25, 0.3) is 0 Å². The van der Waals surface area contributed by atoms with Crippen molar-refractivity contribution in [2.75, 3.05) is 13.7 Å². The van der Waals surface area contributed by atoms with E-state index in [0.717, 1.165) is 12.8 Å². The van der Waals surface area contributed by atoms with Gasteiger partial charge in [-0.2, -0.15) is 0 Å². The van der Waals surface area contributed by atoms with E-state index in [1.54, 1.807) is 7.11 Å². The Balaban J connectivity index is 2.60. The molecule has 0 spiro atoms. The highest BCUT2D eigenvalue weighted by molar-refractivity contribution is 5.85. The van der Waals surface area contributed by atoms with Crippen molar-refractivity contribution >= 4 is 11.9 Å². The highest BCUT2D eigenvalue weighted by Gasteiger charge is 2.43. The summed E-state index contributed by atoms with van der Waals surface area (Å²) in [5, 5.41) is 12.3. The van der Waals surface area contributed by atoms with Gasteiger partial charge in [-0.15, -0.1) is 0 Å². The molecule has 5 nitrogen and oxygen atoms in total. The van der Waals surface area contributed by atoms with Crippen LogP contribution >= 0.6 is 0 Å². The van der Waals surface area contributed by atoms with E-state index in [-0.39, 0.29) is 24.3 Å². The Bertz CT molecular complexity index is 321. The summed E-state index contributed by atoms with van der Waals surface area (Å²) in [6, 6.07) is -0.0650. The summed E-state index contributed by atoms with van der Waals surface area (Å²) in [6.07, 6.45) is 3.07. The number of methoxy groups -OCH3 is 1. The van der Waals surface area contributed by atoms with E-state index in [9.17, 15) is 14.7 Å². The maximum atomic E-state index is 12.1. The molecule has 0 aliphatic heterocycles. The highest BCUT2D eigenvalue weighted by atomic mass is 16.5. The molecule has 0 bridgehead atoms. The molecule has 0 heterocycles. The smallest absolute Gasteiger partial charge is 0.310 e. The van der Waals surface area contributed by atoms with Gasteiger partial charge in [0.1, 0.15) is 0 Å². The largest absolute Gasteiger partial charge is 0.481 e. The van der Waals surface area contributed by atoms with Crippen molar-refractivity contribution < 1.29 is 19.4 Å². The number of ether oxygens (including phenoxy) is 1. The zero-order valence-corrected chi connectivity index (χ0v) is 12.1. The molecule has 1 aliphatic rings. The molecule has 0 aromatic carbocycles. The van der Waals surface area contributed by atoms with E-state index in [2.05, 4.69) is 5.32 Å². The van der Waals surface area contributed by atoms with E-state index in [1.807, 2.05) is 13.8 Å². The second kappa shape index (κ2) is 6.89. The average Bonchev–Trinajstić information content (AvgIpc) is 2.78. The maximum Gasteiger partial charge on any atom is 0.310 e. The summed E-state index contributed by atoms with van der Waals surface area (Å²) < 4.78 is 5.08. The molecule has 1 atom stereocenters. The average molecular weight is 271 g/mol. The van der Waals surface area contributed by atoms with Crippen LogP contribution in [-0.4, -0.2) is 36.7 Å². The van der Waals surface area contributed by atoms with E-state index in [4.69, 9.17) is 4.74 Å². The molecule has 1 amide bonds. The zero-order valence-electron chi connectivity index (χ0n) is 12.1. The van der Waals surface area contributed by atoms with E-state index in [0.29, 0.717) is 19.4 Å². The molecule has 110 valence electrons. The third-order valence-electron chi connectivity index (χ3n) is 4.01. The number of carbonyl (C=O) groups excluding carboxylic acids is 1. The predicted molar refractivity (Wildman–Crippen MR) is 71.8 cm³/mol. The summed E-state index contributed by atoms with van der Waals surface area (Å²) in [4.78, 5) is 23.5. The van der Waals surface area contributed by atoms with Gasteiger partial charge in [-0.05, 0) is 18.8 Å². The van der Waals surface area contributed by atoms with Gasteiger partial charge in [0.2, 0.25) is 5.91 Å². The van der Waals surface area contributed by atoms with Crippen LogP contribution in [-0.2, 0) is 14.3 Å². The number of carboxylic acids is 1. The first kappa shape index (κ1) is 16.0. The van der Waals surface area contributed by atoms with Crippen molar-refractivity contribution in [3.8, 4) is 0 Å². The topological polar surface area (TPSA) is 75.6 Å². The lowest BCUT2D eigenvalue weighted by atomic mass is 9.82. The van der Waals surface area contributed by atoms with Gasteiger partial charge in [0, 0.05) is 13.5 Å². The molecule has 0 aromatic rings. The summed E-state index contributed by atoms with van der Waals surface area (Å²) in [5.41, 5.74) is -0.849. The van der Waals surface area contributed by atoms with E-state index >= 15 is 0 Å². The van der Waals surface area contributed by atoms with Crippen LogP contribution in [0.4, 0.5) is 0 Å². The highest BCUT2D eigenvalue weighted by Crippen LogP contribution is 2.41. The fourth-order valence-electron chi connectivity index (χ4n) is 2.66. The molecular formula is C14H25NO4. The summed E-state index contributed by atoms with van der Waals surface area (Å²) in [7, 11) is 1.59. The minimum Gasteiger partial charge on any atom is -0.481 e. The maximum absolute atomic E-state index is 12.1. The molecule has 5 heteroatoms. The van der Waals surface area contributed by atoms with Gasteiger partial charge in [-0.3, -0.25) is 9.59 Å². The second-order valence-electron chi connectivity index (χ2n) is 5.84. The van der Waals surface area contributed by atoms with Crippen molar-refractivity contribution in [1.82, 2.24) is 5.32 Å². The van der Waals surface area contributed by atoms with E-state index < -0.39 is 11.4 Å². The van der Waals surface area contributed by atoms with Crippen molar-refractivity contribution in [3.63, 3.8) is 0 Å². The number of amides is 1. The molecule has 1 aliphatic carbocycles.